The summed E-state index contributed by atoms with van der Waals surface area (Å²) >= 11 is 0. The van der Waals surface area contributed by atoms with Gasteiger partial charge in [0.25, 0.3) is 0 Å². The molecule has 31 heavy (non-hydrogen) atoms. The van der Waals surface area contributed by atoms with Crippen molar-refractivity contribution in [3.05, 3.63) is 59.7 Å². The minimum Gasteiger partial charge on any atom is -0.353 e. The van der Waals surface area contributed by atoms with Crippen molar-refractivity contribution in [2.75, 3.05) is 10.6 Å². The highest BCUT2D eigenvalue weighted by atomic mass is 16.2. The summed E-state index contributed by atoms with van der Waals surface area (Å²) in [5.74, 6) is -2.36. The van der Waals surface area contributed by atoms with Crippen LogP contribution in [-0.4, -0.2) is 30.2 Å². The van der Waals surface area contributed by atoms with Crippen molar-refractivity contribution in [2.24, 2.45) is 11.8 Å². The number of carbonyl (C=O) groups is 3. The molecule has 162 valence electrons. The molecule has 0 aliphatic carbocycles. The van der Waals surface area contributed by atoms with E-state index in [0.29, 0.717) is 5.69 Å². The smallest absolute Gasteiger partial charge is 0.229 e. The molecule has 4 rings (SSSR count). The highest BCUT2D eigenvalue weighted by molar-refractivity contribution is 6.00. The highest BCUT2D eigenvalue weighted by Crippen LogP contribution is 2.28. The molecule has 0 saturated carbocycles. The van der Waals surface area contributed by atoms with Gasteiger partial charge in [-0.15, -0.1) is 0 Å². The van der Waals surface area contributed by atoms with Crippen molar-refractivity contribution < 1.29 is 14.4 Å². The van der Waals surface area contributed by atoms with Crippen molar-refractivity contribution >= 4 is 29.1 Å². The number of fused-ring (bicyclic) bond motifs is 1. The Kier molecular flexibility index (Phi) is 5.90. The van der Waals surface area contributed by atoms with Crippen LogP contribution in [-0.2, 0) is 20.8 Å². The van der Waals surface area contributed by atoms with E-state index in [0.717, 1.165) is 23.2 Å². The molecule has 3 amide bonds. The number of benzene rings is 2. The zero-order valence-electron chi connectivity index (χ0n) is 17.6. The average Bonchev–Trinajstić information content (AvgIpc) is 2.75. The van der Waals surface area contributed by atoms with E-state index in [1.54, 1.807) is 0 Å². The van der Waals surface area contributed by atoms with Crippen molar-refractivity contribution in [1.29, 1.82) is 0 Å². The van der Waals surface area contributed by atoms with Crippen LogP contribution in [0.1, 0.15) is 24.5 Å². The predicted octanol–water partition coefficient (Wildman–Crippen LogP) is 1.69. The SMILES string of the molecule is CCc1ccc(NC(=O)C2CC(=O)NC3NC(Nc4ccc(C)cc4)NC(=O)C32)cc1. The average molecular weight is 422 g/mol. The lowest BCUT2D eigenvalue weighted by Crippen LogP contribution is -2.72. The second-order valence-electron chi connectivity index (χ2n) is 8.04. The van der Waals surface area contributed by atoms with Crippen LogP contribution in [0.2, 0.25) is 0 Å². The Balaban J connectivity index is 1.46. The Morgan fingerprint density at radius 3 is 2.35 bits per heavy atom. The molecule has 2 aliphatic heterocycles. The van der Waals surface area contributed by atoms with Gasteiger partial charge < -0.3 is 21.3 Å². The molecule has 0 bridgehead atoms. The fourth-order valence-electron chi connectivity index (χ4n) is 4.03. The summed E-state index contributed by atoms with van der Waals surface area (Å²) < 4.78 is 0. The Labute approximate surface area is 181 Å². The summed E-state index contributed by atoms with van der Waals surface area (Å²) in [6.07, 6.45) is -0.341. The lowest BCUT2D eigenvalue weighted by atomic mass is 9.81. The summed E-state index contributed by atoms with van der Waals surface area (Å²) in [7, 11) is 0. The number of rotatable bonds is 5. The van der Waals surface area contributed by atoms with E-state index in [-0.39, 0.29) is 24.1 Å². The maximum Gasteiger partial charge on any atom is 0.229 e. The van der Waals surface area contributed by atoms with E-state index in [1.165, 1.54) is 0 Å². The molecule has 0 spiro atoms. The zero-order valence-corrected chi connectivity index (χ0v) is 17.6. The van der Waals surface area contributed by atoms with Gasteiger partial charge in [0.15, 0.2) is 6.29 Å². The third-order valence-corrected chi connectivity index (χ3v) is 5.78. The first-order valence-corrected chi connectivity index (χ1v) is 10.5. The summed E-state index contributed by atoms with van der Waals surface area (Å²) in [5.41, 5.74) is 3.77. The van der Waals surface area contributed by atoms with Crippen LogP contribution in [0.5, 0.6) is 0 Å². The molecule has 0 aromatic heterocycles. The second-order valence-corrected chi connectivity index (χ2v) is 8.04. The van der Waals surface area contributed by atoms with Gasteiger partial charge in [0.05, 0.1) is 18.0 Å². The Morgan fingerprint density at radius 2 is 1.68 bits per heavy atom. The molecule has 0 radical (unpaired) electrons. The molecule has 2 heterocycles. The number of piperidine rings is 1. The summed E-state index contributed by atoms with van der Waals surface area (Å²) in [4.78, 5) is 38.2. The fourth-order valence-corrected chi connectivity index (χ4v) is 4.03. The van der Waals surface area contributed by atoms with Gasteiger partial charge >= 0.3 is 0 Å². The standard InChI is InChI=1S/C23H27N5O3/c1-3-14-6-10-15(11-7-14)24-21(30)17-12-18(29)26-20-19(17)22(31)28-23(27-20)25-16-8-4-13(2)5-9-16/h4-11,17,19-20,23,25,27H,3,12H2,1-2H3,(H,24,30)(H,26,29)(H,28,31). The van der Waals surface area contributed by atoms with Gasteiger partial charge in [-0.05, 0) is 43.2 Å². The maximum atomic E-state index is 13.0. The zero-order chi connectivity index (χ0) is 22.0. The first kappa shape index (κ1) is 20.9. The van der Waals surface area contributed by atoms with Crippen LogP contribution in [0.4, 0.5) is 11.4 Å². The normalized spacial score (nSPS) is 25.1. The topological polar surface area (TPSA) is 111 Å². The summed E-state index contributed by atoms with van der Waals surface area (Å²) in [6, 6.07) is 15.3. The largest absolute Gasteiger partial charge is 0.353 e. The third-order valence-electron chi connectivity index (χ3n) is 5.78. The number of aryl methyl sites for hydroxylation is 2. The van der Waals surface area contributed by atoms with Crippen LogP contribution in [0, 0.1) is 18.8 Å². The minimum atomic E-state index is -0.766. The molecule has 4 atom stereocenters. The fraction of sp³-hybridized carbons (Fsp3) is 0.348. The first-order valence-electron chi connectivity index (χ1n) is 10.5. The Morgan fingerprint density at radius 1 is 1.00 bits per heavy atom. The number of nitrogens with one attached hydrogen (secondary N) is 5. The molecular weight excluding hydrogens is 394 g/mol. The van der Waals surface area contributed by atoms with Gasteiger partial charge in [0, 0.05) is 17.8 Å². The van der Waals surface area contributed by atoms with Crippen LogP contribution in [0.15, 0.2) is 48.5 Å². The van der Waals surface area contributed by atoms with E-state index in [4.69, 9.17) is 0 Å². The van der Waals surface area contributed by atoms with E-state index < -0.39 is 24.3 Å². The van der Waals surface area contributed by atoms with Crippen molar-refractivity contribution in [3.63, 3.8) is 0 Å². The number of hydrogen-bond donors (Lipinski definition) is 5. The molecule has 2 aliphatic rings. The van der Waals surface area contributed by atoms with Crippen LogP contribution in [0.25, 0.3) is 0 Å². The molecule has 2 fully saturated rings. The number of amides is 3. The van der Waals surface area contributed by atoms with E-state index in [2.05, 4.69) is 33.5 Å². The van der Waals surface area contributed by atoms with Gasteiger partial charge in [-0.25, -0.2) is 0 Å². The predicted molar refractivity (Wildman–Crippen MR) is 118 cm³/mol. The monoisotopic (exact) mass is 421 g/mol. The minimum absolute atomic E-state index is 0.0365. The first-order chi connectivity index (χ1) is 14.9. The molecule has 2 aromatic rings. The Hall–Kier alpha value is -3.39. The Bertz CT molecular complexity index is 974. The van der Waals surface area contributed by atoms with E-state index >= 15 is 0 Å². The molecule has 8 nitrogen and oxygen atoms in total. The van der Waals surface area contributed by atoms with Crippen LogP contribution < -0.4 is 26.6 Å². The van der Waals surface area contributed by atoms with Crippen molar-refractivity contribution in [3.8, 4) is 0 Å². The molecule has 5 N–H and O–H groups in total. The van der Waals surface area contributed by atoms with Crippen molar-refractivity contribution in [1.82, 2.24) is 16.0 Å². The lowest BCUT2D eigenvalue weighted by Gasteiger charge is -2.43. The van der Waals surface area contributed by atoms with Crippen molar-refractivity contribution in [2.45, 2.75) is 39.1 Å². The van der Waals surface area contributed by atoms with Crippen LogP contribution >= 0.6 is 0 Å². The molecule has 2 saturated heterocycles. The van der Waals surface area contributed by atoms with E-state index in [9.17, 15) is 14.4 Å². The second kappa shape index (κ2) is 8.77. The number of hydrogen-bond acceptors (Lipinski definition) is 5. The van der Waals surface area contributed by atoms with E-state index in [1.807, 2.05) is 55.5 Å². The van der Waals surface area contributed by atoms with Gasteiger partial charge in [-0.1, -0.05) is 36.8 Å². The molecule has 4 unspecified atom stereocenters. The third kappa shape index (κ3) is 4.69. The quantitative estimate of drug-likeness (QED) is 0.505. The lowest BCUT2D eigenvalue weighted by molar-refractivity contribution is -0.144. The summed E-state index contributed by atoms with van der Waals surface area (Å²) in [5, 5.41) is 14.9. The van der Waals surface area contributed by atoms with Gasteiger partial charge in [0.2, 0.25) is 17.7 Å². The maximum absolute atomic E-state index is 13.0. The van der Waals surface area contributed by atoms with Gasteiger partial charge in [0.1, 0.15) is 0 Å². The molecule has 8 heteroatoms. The highest BCUT2D eigenvalue weighted by Gasteiger charge is 2.48. The molecular formula is C23H27N5O3. The number of carbonyl (C=O) groups excluding carboxylic acids is 3. The van der Waals surface area contributed by atoms with Gasteiger partial charge in [-0.3, -0.25) is 19.7 Å². The van der Waals surface area contributed by atoms with Gasteiger partial charge in [-0.2, -0.15) is 0 Å². The number of anilines is 2. The summed E-state index contributed by atoms with van der Waals surface area (Å²) in [6.45, 7) is 4.06. The molecule has 2 aromatic carbocycles. The van der Waals surface area contributed by atoms with Crippen LogP contribution in [0.3, 0.4) is 0 Å².